The minimum Gasteiger partial charge on any atom is -0.389 e. The molecule has 0 saturated carbocycles. The molecule has 2 rings (SSSR count). The Morgan fingerprint density at radius 2 is 2.10 bits per heavy atom. The molecule has 1 unspecified atom stereocenters. The molecule has 1 aliphatic heterocycles. The molecule has 20 heavy (non-hydrogen) atoms. The molecule has 110 valence electrons. The van der Waals surface area contributed by atoms with E-state index in [-0.39, 0.29) is 16.0 Å². The number of hydrogen-bond acceptors (Lipinski definition) is 4. The van der Waals surface area contributed by atoms with Crippen molar-refractivity contribution in [3.8, 4) is 0 Å². The molecule has 1 fully saturated rings. The number of thiocarbonyl (C=S) groups is 1. The predicted molar refractivity (Wildman–Crippen MR) is 81.1 cm³/mol. The molecule has 0 radical (unpaired) electrons. The van der Waals surface area contributed by atoms with Crippen molar-refractivity contribution in [3.05, 3.63) is 29.8 Å². The van der Waals surface area contributed by atoms with Gasteiger partial charge in [0, 0.05) is 18.7 Å². The number of nitrogens with one attached hydrogen (secondary N) is 1. The van der Waals surface area contributed by atoms with Crippen LogP contribution in [0.4, 0.5) is 0 Å². The van der Waals surface area contributed by atoms with E-state index in [1.54, 1.807) is 12.1 Å². The van der Waals surface area contributed by atoms with Gasteiger partial charge in [0.05, 0.1) is 11.0 Å². The lowest BCUT2D eigenvalue weighted by Gasteiger charge is -2.11. The largest absolute Gasteiger partial charge is 0.389 e. The predicted octanol–water partition coefficient (Wildman–Crippen LogP) is 1.17. The lowest BCUT2D eigenvalue weighted by molar-refractivity contribution is 0.105. The Labute approximate surface area is 124 Å². The third kappa shape index (κ3) is 3.99. The van der Waals surface area contributed by atoms with E-state index in [2.05, 4.69) is 4.72 Å². The lowest BCUT2D eigenvalue weighted by Crippen LogP contribution is -2.27. The first-order valence-electron chi connectivity index (χ1n) is 6.50. The summed E-state index contributed by atoms with van der Waals surface area (Å²) in [5, 5.41) is 0. The summed E-state index contributed by atoms with van der Waals surface area (Å²) in [7, 11) is -3.48. The van der Waals surface area contributed by atoms with Gasteiger partial charge in [0.25, 0.3) is 0 Å². The number of sulfonamides is 1. The molecule has 3 N–H and O–H groups in total. The van der Waals surface area contributed by atoms with Crippen LogP contribution >= 0.6 is 12.2 Å². The molecule has 0 spiro atoms. The van der Waals surface area contributed by atoms with Crippen molar-refractivity contribution in [1.82, 2.24) is 4.72 Å². The van der Waals surface area contributed by atoms with E-state index in [1.807, 2.05) is 0 Å². The Hall–Kier alpha value is -1.02. The lowest BCUT2D eigenvalue weighted by atomic mass is 10.2. The molecule has 1 heterocycles. The zero-order valence-electron chi connectivity index (χ0n) is 11.0. The van der Waals surface area contributed by atoms with Crippen molar-refractivity contribution >= 4 is 27.2 Å². The molecule has 1 aromatic rings. The Morgan fingerprint density at radius 1 is 1.40 bits per heavy atom. The summed E-state index contributed by atoms with van der Waals surface area (Å²) < 4.78 is 32.2. The zero-order chi connectivity index (χ0) is 14.6. The summed E-state index contributed by atoms with van der Waals surface area (Å²) in [5.74, 6) is 0. The van der Waals surface area contributed by atoms with E-state index in [4.69, 9.17) is 22.7 Å². The molecule has 1 atom stereocenters. The van der Waals surface area contributed by atoms with Crippen LogP contribution in [0.1, 0.15) is 24.8 Å². The molecule has 1 aliphatic rings. The highest BCUT2D eigenvalue weighted by atomic mass is 32.2. The number of rotatable bonds is 6. The van der Waals surface area contributed by atoms with Gasteiger partial charge in [0.15, 0.2) is 0 Å². The number of hydrogen-bond donors (Lipinski definition) is 2. The molecular formula is C13H18N2O3S2. The van der Waals surface area contributed by atoms with E-state index in [9.17, 15) is 8.42 Å². The molecule has 0 bridgehead atoms. The topological polar surface area (TPSA) is 81.4 Å². The van der Waals surface area contributed by atoms with Gasteiger partial charge in [0.2, 0.25) is 10.0 Å². The van der Waals surface area contributed by atoms with E-state index in [1.165, 1.54) is 12.1 Å². The quantitative estimate of drug-likeness (QED) is 0.770. The smallest absolute Gasteiger partial charge is 0.240 e. The monoisotopic (exact) mass is 314 g/mol. The van der Waals surface area contributed by atoms with Gasteiger partial charge < -0.3 is 10.5 Å². The summed E-state index contributed by atoms with van der Waals surface area (Å²) in [6.07, 6.45) is 2.93. The maximum absolute atomic E-state index is 12.1. The van der Waals surface area contributed by atoms with Gasteiger partial charge in [-0.3, -0.25) is 0 Å². The second kappa shape index (κ2) is 6.62. The van der Waals surface area contributed by atoms with E-state index >= 15 is 0 Å². The Morgan fingerprint density at radius 3 is 2.65 bits per heavy atom. The number of benzene rings is 1. The Balaban J connectivity index is 1.93. The molecule has 0 amide bonds. The highest BCUT2D eigenvalue weighted by Crippen LogP contribution is 2.15. The third-order valence-corrected chi connectivity index (χ3v) is 4.94. The van der Waals surface area contributed by atoms with Crippen LogP contribution in [-0.2, 0) is 14.8 Å². The summed E-state index contributed by atoms with van der Waals surface area (Å²) in [5.41, 5.74) is 6.13. The van der Waals surface area contributed by atoms with Crippen LogP contribution in [0.3, 0.4) is 0 Å². The number of ether oxygens (including phenoxy) is 1. The Kier molecular flexibility index (Phi) is 5.09. The second-order valence-corrected chi connectivity index (χ2v) is 6.92. The average Bonchev–Trinajstić information content (AvgIpc) is 2.92. The van der Waals surface area contributed by atoms with Crippen LogP contribution in [-0.4, -0.2) is 32.7 Å². The summed E-state index contributed by atoms with van der Waals surface area (Å²) in [4.78, 5) is 0.463. The van der Waals surface area contributed by atoms with Crippen molar-refractivity contribution in [2.24, 2.45) is 5.73 Å². The van der Waals surface area contributed by atoms with Gasteiger partial charge in [-0.15, -0.1) is 0 Å². The summed E-state index contributed by atoms with van der Waals surface area (Å²) in [6, 6.07) is 6.22. The van der Waals surface area contributed by atoms with Crippen LogP contribution < -0.4 is 10.5 Å². The molecule has 0 aromatic heterocycles. The van der Waals surface area contributed by atoms with Crippen LogP contribution in [0, 0.1) is 0 Å². The van der Waals surface area contributed by atoms with Gasteiger partial charge in [-0.05, 0) is 31.4 Å². The van der Waals surface area contributed by atoms with E-state index < -0.39 is 10.0 Å². The summed E-state index contributed by atoms with van der Waals surface area (Å²) >= 11 is 4.83. The van der Waals surface area contributed by atoms with Crippen molar-refractivity contribution in [2.75, 3.05) is 13.2 Å². The second-order valence-electron chi connectivity index (χ2n) is 4.71. The van der Waals surface area contributed by atoms with Crippen molar-refractivity contribution in [3.63, 3.8) is 0 Å². The van der Waals surface area contributed by atoms with Gasteiger partial charge >= 0.3 is 0 Å². The first kappa shape index (κ1) is 15.4. The number of nitrogens with two attached hydrogens (primary N) is 1. The first-order chi connectivity index (χ1) is 9.49. The van der Waals surface area contributed by atoms with Crippen LogP contribution in [0.25, 0.3) is 0 Å². The van der Waals surface area contributed by atoms with Gasteiger partial charge in [-0.25, -0.2) is 13.1 Å². The SMILES string of the molecule is NC(=S)c1ccc(S(=O)(=O)NCCC2CCCO2)cc1. The minimum atomic E-state index is -3.48. The molecule has 7 heteroatoms. The fraction of sp³-hybridized carbons (Fsp3) is 0.462. The normalized spacial score (nSPS) is 19.1. The minimum absolute atomic E-state index is 0.176. The van der Waals surface area contributed by atoms with E-state index in [0.29, 0.717) is 18.5 Å². The summed E-state index contributed by atoms with van der Waals surface area (Å²) in [6.45, 7) is 1.15. The fourth-order valence-corrected chi connectivity index (χ4v) is 3.29. The van der Waals surface area contributed by atoms with Crippen molar-refractivity contribution < 1.29 is 13.2 Å². The standard InChI is InChI=1S/C13H18N2O3S2/c14-13(19)10-3-5-12(6-4-10)20(16,17)15-8-7-11-2-1-9-18-11/h3-6,11,15H,1-2,7-9H2,(H2,14,19). The molecule has 1 aromatic carbocycles. The molecular weight excluding hydrogens is 296 g/mol. The van der Waals surface area contributed by atoms with Gasteiger partial charge in [-0.1, -0.05) is 24.4 Å². The first-order valence-corrected chi connectivity index (χ1v) is 8.39. The van der Waals surface area contributed by atoms with Crippen molar-refractivity contribution in [2.45, 2.75) is 30.3 Å². The van der Waals surface area contributed by atoms with Gasteiger partial charge in [0.1, 0.15) is 4.99 Å². The fourth-order valence-electron chi connectivity index (χ4n) is 2.11. The van der Waals surface area contributed by atoms with Crippen LogP contribution in [0.2, 0.25) is 0 Å². The third-order valence-electron chi connectivity index (χ3n) is 3.23. The Bertz CT molecular complexity index is 564. The van der Waals surface area contributed by atoms with Gasteiger partial charge in [-0.2, -0.15) is 0 Å². The highest BCUT2D eigenvalue weighted by molar-refractivity contribution is 7.89. The maximum atomic E-state index is 12.1. The van der Waals surface area contributed by atoms with E-state index in [0.717, 1.165) is 19.4 Å². The van der Waals surface area contributed by atoms with Crippen LogP contribution in [0.15, 0.2) is 29.2 Å². The molecule has 5 nitrogen and oxygen atoms in total. The zero-order valence-corrected chi connectivity index (χ0v) is 12.7. The average molecular weight is 314 g/mol. The maximum Gasteiger partial charge on any atom is 0.240 e. The van der Waals surface area contributed by atoms with Crippen molar-refractivity contribution in [1.29, 1.82) is 0 Å². The van der Waals surface area contributed by atoms with Crippen LogP contribution in [0.5, 0.6) is 0 Å². The highest BCUT2D eigenvalue weighted by Gasteiger charge is 2.18. The molecule has 0 aliphatic carbocycles. The molecule has 1 saturated heterocycles.